The SMILES string of the molecule is COC1C(C)CC(C2CC(C)C(OC)C(C)C2)CC1C. The second-order valence-electron chi connectivity index (χ2n) is 7.77. The van der Waals surface area contributed by atoms with Gasteiger partial charge < -0.3 is 9.47 Å². The lowest BCUT2D eigenvalue weighted by Crippen LogP contribution is -2.42. The fourth-order valence-electron chi connectivity index (χ4n) is 5.46. The molecule has 118 valence electrons. The fourth-order valence-corrected chi connectivity index (χ4v) is 5.46. The molecule has 0 aliphatic heterocycles. The van der Waals surface area contributed by atoms with E-state index in [-0.39, 0.29) is 0 Å². The van der Waals surface area contributed by atoms with Gasteiger partial charge in [-0.05, 0) is 61.2 Å². The van der Waals surface area contributed by atoms with Crippen molar-refractivity contribution < 1.29 is 9.47 Å². The summed E-state index contributed by atoms with van der Waals surface area (Å²) in [6.07, 6.45) is 6.34. The fraction of sp³-hybridized carbons (Fsp3) is 1.00. The van der Waals surface area contributed by atoms with Crippen LogP contribution in [0.25, 0.3) is 0 Å². The molecule has 0 N–H and O–H groups in total. The molecule has 0 aromatic heterocycles. The summed E-state index contributed by atoms with van der Waals surface area (Å²) in [6.45, 7) is 9.52. The molecule has 0 heterocycles. The lowest BCUT2D eigenvalue weighted by atomic mass is 9.63. The van der Waals surface area contributed by atoms with E-state index in [4.69, 9.17) is 9.47 Å². The van der Waals surface area contributed by atoms with Gasteiger partial charge in [0.2, 0.25) is 0 Å². The average Bonchev–Trinajstić information content (AvgIpc) is 2.37. The zero-order valence-corrected chi connectivity index (χ0v) is 14.3. The zero-order chi connectivity index (χ0) is 14.9. The maximum atomic E-state index is 5.71. The van der Waals surface area contributed by atoms with Crippen LogP contribution in [0.5, 0.6) is 0 Å². The van der Waals surface area contributed by atoms with Gasteiger partial charge in [0.1, 0.15) is 0 Å². The van der Waals surface area contributed by atoms with Gasteiger partial charge in [0.05, 0.1) is 12.2 Å². The molecule has 2 aliphatic carbocycles. The molecule has 4 atom stereocenters. The minimum atomic E-state index is 0.469. The van der Waals surface area contributed by atoms with Crippen molar-refractivity contribution in [3.8, 4) is 0 Å². The molecule has 2 saturated carbocycles. The predicted molar refractivity (Wildman–Crippen MR) is 83.7 cm³/mol. The molecule has 0 spiro atoms. The Labute approximate surface area is 125 Å². The third-order valence-electron chi connectivity index (χ3n) is 6.15. The van der Waals surface area contributed by atoms with Crippen LogP contribution in [-0.2, 0) is 9.47 Å². The summed E-state index contributed by atoms with van der Waals surface area (Å²) in [5, 5.41) is 0. The molecular formula is C18H34O2. The monoisotopic (exact) mass is 282 g/mol. The van der Waals surface area contributed by atoms with E-state index in [0.717, 1.165) is 11.8 Å². The van der Waals surface area contributed by atoms with E-state index in [1.807, 2.05) is 14.2 Å². The molecule has 0 amide bonds. The van der Waals surface area contributed by atoms with Crippen LogP contribution in [0, 0.1) is 35.5 Å². The van der Waals surface area contributed by atoms with E-state index in [2.05, 4.69) is 27.7 Å². The van der Waals surface area contributed by atoms with Crippen molar-refractivity contribution in [2.45, 2.75) is 65.6 Å². The van der Waals surface area contributed by atoms with Gasteiger partial charge in [-0.2, -0.15) is 0 Å². The van der Waals surface area contributed by atoms with Gasteiger partial charge in [0.15, 0.2) is 0 Å². The second-order valence-corrected chi connectivity index (χ2v) is 7.77. The summed E-state index contributed by atoms with van der Waals surface area (Å²) in [6, 6.07) is 0. The van der Waals surface area contributed by atoms with E-state index >= 15 is 0 Å². The number of methoxy groups -OCH3 is 2. The molecule has 2 fully saturated rings. The highest BCUT2D eigenvalue weighted by atomic mass is 16.5. The van der Waals surface area contributed by atoms with E-state index in [1.165, 1.54) is 25.7 Å². The van der Waals surface area contributed by atoms with E-state index in [9.17, 15) is 0 Å². The van der Waals surface area contributed by atoms with Gasteiger partial charge in [-0.3, -0.25) is 0 Å². The largest absolute Gasteiger partial charge is 0.381 e. The lowest BCUT2D eigenvalue weighted by Gasteiger charge is -2.46. The number of hydrogen-bond acceptors (Lipinski definition) is 2. The van der Waals surface area contributed by atoms with Crippen LogP contribution in [0.1, 0.15) is 53.4 Å². The first-order chi connectivity index (χ1) is 9.47. The minimum absolute atomic E-state index is 0.469. The molecule has 0 aromatic rings. The van der Waals surface area contributed by atoms with Crippen molar-refractivity contribution in [3.63, 3.8) is 0 Å². The normalized spacial score (nSPS) is 50.1. The van der Waals surface area contributed by atoms with Gasteiger partial charge in [-0.15, -0.1) is 0 Å². The molecule has 2 rings (SSSR count). The van der Waals surface area contributed by atoms with E-state index in [1.54, 1.807) is 0 Å². The van der Waals surface area contributed by atoms with Crippen molar-refractivity contribution in [3.05, 3.63) is 0 Å². The predicted octanol–water partition coefficient (Wildman–Crippen LogP) is 4.38. The highest BCUT2D eigenvalue weighted by molar-refractivity contribution is 4.91. The third-order valence-corrected chi connectivity index (χ3v) is 6.15. The Kier molecular flexibility index (Phi) is 5.53. The molecule has 4 unspecified atom stereocenters. The Morgan fingerprint density at radius 1 is 0.550 bits per heavy atom. The molecule has 0 saturated heterocycles. The van der Waals surface area contributed by atoms with Crippen LogP contribution >= 0.6 is 0 Å². The first kappa shape index (κ1) is 16.3. The standard InChI is InChI=1S/C18H34O2/c1-11-7-15(8-12(2)17(11)19-5)16-9-13(3)18(20-6)14(4)10-16/h11-18H,7-10H2,1-6H3. The summed E-state index contributed by atoms with van der Waals surface area (Å²) in [7, 11) is 3.76. The number of ether oxygens (including phenoxy) is 2. The summed E-state index contributed by atoms with van der Waals surface area (Å²) in [5.41, 5.74) is 0. The molecule has 2 nitrogen and oxygen atoms in total. The van der Waals surface area contributed by atoms with Crippen LogP contribution in [0.3, 0.4) is 0 Å². The second kappa shape index (κ2) is 6.79. The number of rotatable bonds is 3. The van der Waals surface area contributed by atoms with Gasteiger partial charge in [0.25, 0.3) is 0 Å². The van der Waals surface area contributed by atoms with Crippen molar-refractivity contribution >= 4 is 0 Å². The quantitative estimate of drug-likeness (QED) is 0.764. The van der Waals surface area contributed by atoms with E-state index in [0.29, 0.717) is 35.9 Å². The zero-order valence-electron chi connectivity index (χ0n) is 14.3. The summed E-state index contributed by atoms with van der Waals surface area (Å²) in [4.78, 5) is 0. The molecule has 0 bridgehead atoms. The summed E-state index contributed by atoms with van der Waals surface area (Å²) < 4.78 is 11.4. The van der Waals surface area contributed by atoms with E-state index < -0.39 is 0 Å². The number of hydrogen-bond donors (Lipinski definition) is 0. The van der Waals surface area contributed by atoms with Gasteiger partial charge in [-0.25, -0.2) is 0 Å². The van der Waals surface area contributed by atoms with Crippen molar-refractivity contribution in [1.29, 1.82) is 0 Å². The van der Waals surface area contributed by atoms with Crippen molar-refractivity contribution in [2.24, 2.45) is 35.5 Å². The highest BCUT2D eigenvalue weighted by Gasteiger charge is 2.41. The average molecular weight is 282 g/mol. The Morgan fingerprint density at radius 3 is 1.00 bits per heavy atom. The third kappa shape index (κ3) is 3.22. The minimum Gasteiger partial charge on any atom is -0.381 e. The summed E-state index contributed by atoms with van der Waals surface area (Å²) >= 11 is 0. The Morgan fingerprint density at radius 2 is 0.800 bits per heavy atom. The van der Waals surface area contributed by atoms with Crippen LogP contribution in [0.2, 0.25) is 0 Å². The van der Waals surface area contributed by atoms with Crippen LogP contribution in [-0.4, -0.2) is 26.4 Å². The molecule has 0 radical (unpaired) electrons. The van der Waals surface area contributed by atoms with Crippen LogP contribution < -0.4 is 0 Å². The van der Waals surface area contributed by atoms with Crippen LogP contribution in [0.15, 0.2) is 0 Å². The van der Waals surface area contributed by atoms with Crippen molar-refractivity contribution in [1.82, 2.24) is 0 Å². The topological polar surface area (TPSA) is 18.5 Å². The molecule has 2 heteroatoms. The highest BCUT2D eigenvalue weighted by Crippen LogP contribution is 2.46. The molecular weight excluding hydrogens is 248 g/mol. The van der Waals surface area contributed by atoms with Crippen molar-refractivity contribution in [2.75, 3.05) is 14.2 Å². The Balaban J connectivity index is 1.99. The lowest BCUT2D eigenvalue weighted by molar-refractivity contribution is -0.0644. The Hall–Kier alpha value is -0.0800. The van der Waals surface area contributed by atoms with Crippen LogP contribution in [0.4, 0.5) is 0 Å². The molecule has 0 aromatic carbocycles. The first-order valence-electron chi connectivity index (χ1n) is 8.53. The summed E-state index contributed by atoms with van der Waals surface area (Å²) in [5.74, 6) is 4.63. The van der Waals surface area contributed by atoms with Gasteiger partial charge >= 0.3 is 0 Å². The first-order valence-corrected chi connectivity index (χ1v) is 8.53. The smallest absolute Gasteiger partial charge is 0.0622 e. The maximum absolute atomic E-state index is 5.71. The molecule has 2 aliphatic rings. The maximum Gasteiger partial charge on any atom is 0.0622 e. The molecule has 20 heavy (non-hydrogen) atoms. The van der Waals surface area contributed by atoms with Gasteiger partial charge in [0, 0.05) is 14.2 Å². The van der Waals surface area contributed by atoms with Gasteiger partial charge in [-0.1, -0.05) is 27.7 Å². The Bertz CT molecular complexity index is 250.